The Hall–Kier alpha value is -1.31. The Morgan fingerprint density at radius 1 is 1.70 bits per heavy atom. The Labute approximate surface area is 60.3 Å². The van der Waals surface area contributed by atoms with Crippen molar-refractivity contribution in [2.45, 2.75) is 6.92 Å². The van der Waals surface area contributed by atoms with Crippen LogP contribution in [0, 0.1) is 6.92 Å². The van der Waals surface area contributed by atoms with Crippen molar-refractivity contribution in [1.82, 2.24) is 4.98 Å². The maximum absolute atomic E-state index is 3.60. The van der Waals surface area contributed by atoms with Crippen LogP contribution in [0.15, 0.2) is 23.5 Å². The van der Waals surface area contributed by atoms with Gasteiger partial charge in [0.1, 0.15) is 0 Å². The molecular weight excluding hydrogens is 124 g/mol. The highest BCUT2D eigenvalue weighted by Gasteiger charge is 1.90. The molecule has 0 aliphatic rings. The van der Waals surface area contributed by atoms with E-state index in [0.717, 1.165) is 5.69 Å². The van der Waals surface area contributed by atoms with Gasteiger partial charge in [-0.15, -0.1) is 0 Å². The molecule has 0 fully saturated rings. The summed E-state index contributed by atoms with van der Waals surface area (Å²) in [4.78, 5) is 6.67. The van der Waals surface area contributed by atoms with Gasteiger partial charge < -0.3 is 4.98 Å². The predicted octanol–water partition coefficient (Wildman–Crippen LogP) is 1.99. The number of rotatable bonds is 2. The average molecular weight is 134 g/mol. The van der Waals surface area contributed by atoms with E-state index in [1.54, 1.807) is 6.20 Å². The van der Waals surface area contributed by atoms with Gasteiger partial charge in [0.15, 0.2) is 0 Å². The number of hydrogen-bond acceptors (Lipinski definition) is 1. The Balaban J connectivity index is 2.83. The molecule has 1 aromatic rings. The normalized spacial score (nSPS) is 10.5. The van der Waals surface area contributed by atoms with Gasteiger partial charge in [0.25, 0.3) is 0 Å². The fourth-order valence-electron chi connectivity index (χ4n) is 0.767. The Morgan fingerprint density at radius 3 is 3.00 bits per heavy atom. The Kier molecular flexibility index (Phi) is 2.05. The van der Waals surface area contributed by atoms with Crippen molar-refractivity contribution < 1.29 is 0 Å². The molecular formula is C8H10N2. The van der Waals surface area contributed by atoms with Crippen molar-refractivity contribution in [2.24, 2.45) is 4.99 Å². The number of aromatic nitrogens is 1. The van der Waals surface area contributed by atoms with Crippen LogP contribution in [-0.4, -0.2) is 11.7 Å². The molecule has 0 spiro atoms. The van der Waals surface area contributed by atoms with Gasteiger partial charge in [-0.3, -0.25) is 4.99 Å². The molecule has 52 valence electrons. The second-order valence-corrected chi connectivity index (χ2v) is 2.07. The number of H-pyrrole nitrogens is 1. The highest BCUT2D eigenvalue weighted by molar-refractivity contribution is 5.49. The zero-order valence-electron chi connectivity index (χ0n) is 5.96. The molecule has 0 atom stereocenters. The van der Waals surface area contributed by atoms with Crippen molar-refractivity contribution in [3.8, 4) is 0 Å². The van der Waals surface area contributed by atoms with Gasteiger partial charge in [0.05, 0.1) is 0 Å². The van der Waals surface area contributed by atoms with E-state index in [1.165, 1.54) is 5.56 Å². The fraction of sp³-hybridized carbons (Fsp3) is 0.125. The molecule has 2 heteroatoms. The topological polar surface area (TPSA) is 28.1 Å². The maximum Gasteiger partial charge on any atom is 0.0425 e. The van der Waals surface area contributed by atoms with Gasteiger partial charge in [-0.05, 0) is 31.3 Å². The Morgan fingerprint density at radius 2 is 2.50 bits per heavy atom. The van der Waals surface area contributed by atoms with E-state index in [-0.39, 0.29) is 0 Å². The Bertz CT molecular complexity index is 246. The van der Waals surface area contributed by atoms with Crippen LogP contribution in [0.5, 0.6) is 0 Å². The standard InChI is InChI=1S/C8H10N2/c1-7-3-6-10-8(7)4-5-9-2/h3-6,10H,2H2,1H3/b5-4-. The number of aryl methyl sites for hydroxylation is 1. The summed E-state index contributed by atoms with van der Waals surface area (Å²) in [7, 11) is 0. The minimum atomic E-state index is 1.09. The quantitative estimate of drug-likeness (QED) is 0.599. The van der Waals surface area contributed by atoms with Crippen LogP contribution in [0.2, 0.25) is 0 Å². The molecule has 0 unspecified atom stereocenters. The van der Waals surface area contributed by atoms with E-state index in [2.05, 4.69) is 16.7 Å². The van der Waals surface area contributed by atoms with Gasteiger partial charge >= 0.3 is 0 Å². The minimum absolute atomic E-state index is 1.09. The molecule has 0 aliphatic carbocycles. The summed E-state index contributed by atoms with van der Waals surface area (Å²) in [5.74, 6) is 0. The molecule has 10 heavy (non-hydrogen) atoms. The fourth-order valence-corrected chi connectivity index (χ4v) is 0.767. The van der Waals surface area contributed by atoms with E-state index < -0.39 is 0 Å². The monoisotopic (exact) mass is 134 g/mol. The lowest BCUT2D eigenvalue weighted by atomic mass is 10.3. The molecule has 0 aliphatic heterocycles. The van der Waals surface area contributed by atoms with Crippen molar-refractivity contribution in [1.29, 1.82) is 0 Å². The first-order valence-electron chi connectivity index (χ1n) is 3.11. The first-order valence-corrected chi connectivity index (χ1v) is 3.11. The highest BCUT2D eigenvalue weighted by atomic mass is 14.7. The summed E-state index contributed by atoms with van der Waals surface area (Å²) in [6.07, 6.45) is 5.46. The SMILES string of the molecule is C=N/C=C\c1[nH]ccc1C. The van der Waals surface area contributed by atoms with Crippen LogP contribution in [0.1, 0.15) is 11.3 Å². The van der Waals surface area contributed by atoms with Crippen molar-refractivity contribution in [2.75, 3.05) is 0 Å². The average Bonchev–Trinajstić information content (AvgIpc) is 2.31. The third kappa shape index (κ3) is 1.35. The van der Waals surface area contributed by atoms with Gasteiger partial charge in [-0.1, -0.05) is 0 Å². The lowest BCUT2D eigenvalue weighted by Crippen LogP contribution is -1.72. The van der Waals surface area contributed by atoms with E-state index >= 15 is 0 Å². The lowest BCUT2D eigenvalue weighted by molar-refractivity contribution is 1.34. The zero-order valence-corrected chi connectivity index (χ0v) is 5.96. The summed E-state index contributed by atoms with van der Waals surface area (Å²) in [5.41, 5.74) is 2.31. The number of aromatic amines is 1. The van der Waals surface area contributed by atoms with Crippen LogP contribution >= 0.6 is 0 Å². The second kappa shape index (κ2) is 3.01. The number of aliphatic imine (C=N–C) groups is 1. The first kappa shape index (κ1) is 6.81. The molecule has 1 aromatic heterocycles. The van der Waals surface area contributed by atoms with Crippen molar-refractivity contribution >= 4 is 12.8 Å². The molecule has 0 aromatic carbocycles. The van der Waals surface area contributed by atoms with Crippen LogP contribution < -0.4 is 0 Å². The van der Waals surface area contributed by atoms with E-state index in [0.29, 0.717) is 0 Å². The molecule has 0 amide bonds. The van der Waals surface area contributed by atoms with E-state index in [9.17, 15) is 0 Å². The summed E-state index contributed by atoms with van der Waals surface area (Å²) in [6.45, 7) is 5.38. The van der Waals surface area contributed by atoms with Gasteiger partial charge in [-0.2, -0.15) is 0 Å². The highest BCUT2D eigenvalue weighted by Crippen LogP contribution is 2.05. The van der Waals surface area contributed by atoms with Gasteiger partial charge in [0, 0.05) is 18.1 Å². The molecule has 1 heterocycles. The molecule has 2 nitrogen and oxygen atoms in total. The molecule has 0 radical (unpaired) electrons. The minimum Gasteiger partial charge on any atom is -0.361 e. The number of nitrogens with zero attached hydrogens (tertiary/aromatic N) is 1. The molecule has 0 bridgehead atoms. The first-order chi connectivity index (χ1) is 4.84. The molecule has 1 rings (SSSR count). The second-order valence-electron chi connectivity index (χ2n) is 2.07. The summed E-state index contributed by atoms with van der Waals surface area (Å²) in [5, 5.41) is 0. The number of nitrogens with one attached hydrogen (secondary N) is 1. The summed E-state index contributed by atoms with van der Waals surface area (Å²) >= 11 is 0. The van der Waals surface area contributed by atoms with E-state index in [4.69, 9.17) is 0 Å². The summed E-state index contributed by atoms with van der Waals surface area (Å²) in [6, 6.07) is 2.02. The van der Waals surface area contributed by atoms with Crippen LogP contribution in [0.4, 0.5) is 0 Å². The molecule has 1 N–H and O–H groups in total. The predicted molar refractivity (Wildman–Crippen MR) is 44.1 cm³/mol. The van der Waals surface area contributed by atoms with Crippen LogP contribution in [0.25, 0.3) is 6.08 Å². The van der Waals surface area contributed by atoms with Crippen molar-refractivity contribution in [3.63, 3.8) is 0 Å². The largest absolute Gasteiger partial charge is 0.361 e. The van der Waals surface area contributed by atoms with Crippen LogP contribution in [-0.2, 0) is 0 Å². The molecule has 0 saturated heterocycles. The maximum atomic E-state index is 3.60. The zero-order chi connectivity index (χ0) is 7.40. The number of hydrogen-bond donors (Lipinski definition) is 1. The lowest BCUT2D eigenvalue weighted by Gasteiger charge is -1.86. The van der Waals surface area contributed by atoms with E-state index in [1.807, 2.05) is 25.3 Å². The third-order valence-electron chi connectivity index (χ3n) is 1.34. The van der Waals surface area contributed by atoms with Gasteiger partial charge in [0.2, 0.25) is 0 Å². The van der Waals surface area contributed by atoms with Crippen molar-refractivity contribution in [3.05, 3.63) is 29.7 Å². The smallest absolute Gasteiger partial charge is 0.0425 e. The molecule has 0 saturated carbocycles. The van der Waals surface area contributed by atoms with Crippen LogP contribution in [0.3, 0.4) is 0 Å². The van der Waals surface area contributed by atoms with Gasteiger partial charge in [-0.25, -0.2) is 0 Å². The summed E-state index contributed by atoms with van der Waals surface area (Å²) < 4.78 is 0. The third-order valence-corrected chi connectivity index (χ3v) is 1.34.